The summed E-state index contributed by atoms with van der Waals surface area (Å²) in [6, 6.07) is 8.61. The van der Waals surface area contributed by atoms with Gasteiger partial charge in [-0.1, -0.05) is 0 Å². The Kier molecular flexibility index (Phi) is 7.23. The number of hydrogen-bond donors (Lipinski definition) is 2. The van der Waals surface area contributed by atoms with E-state index < -0.39 is 0 Å². The van der Waals surface area contributed by atoms with Crippen molar-refractivity contribution in [1.29, 1.82) is 0 Å². The number of amides is 1. The Hall–Kier alpha value is -2.55. The first-order chi connectivity index (χ1) is 14.8. The van der Waals surface area contributed by atoms with Gasteiger partial charge in [0, 0.05) is 69.1 Å². The van der Waals surface area contributed by atoms with Crippen molar-refractivity contribution in [3.63, 3.8) is 0 Å². The third-order valence-corrected chi connectivity index (χ3v) is 5.75. The molecule has 160 valence electrons. The van der Waals surface area contributed by atoms with E-state index in [1.54, 1.807) is 6.20 Å². The molecule has 3 heterocycles. The predicted octanol–water partition coefficient (Wildman–Crippen LogP) is 1.62. The quantitative estimate of drug-likeness (QED) is 0.718. The summed E-state index contributed by atoms with van der Waals surface area (Å²) in [5, 5.41) is 6.58. The SMILES string of the molecule is O=C(Nc1ccc(N2CCC(NCCN3CCOCC3)CC2)cc1)c1cnccn1. The molecule has 0 bridgehead atoms. The van der Waals surface area contributed by atoms with E-state index in [2.05, 4.69) is 42.5 Å². The number of anilines is 2. The zero-order valence-electron chi connectivity index (χ0n) is 17.3. The van der Waals surface area contributed by atoms with E-state index >= 15 is 0 Å². The number of rotatable bonds is 7. The molecule has 2 saturated heterocycles. The van der Waals surface area contributed by atoms with Crippen molar-refractivity contribution < 1.29 is 9.53 Å². The molecule has 0 radical (unpaired) electrons. The van der Waals surface area contributed by atoms with Crippen molar-refractivity contribution in [3.05, 3.63) is 48.5 Å². The van der Waals surface area contributed by atoms with Crippen molar-refractivity contribution in [3.8, 4) is 0 Å². The average molecular weight is 411 g/mol. The molecule has 0 aliphatic carbocycles. The molecule has 2 aliphatic rings. The summed E-state index contributed by atoms with van der Waals surface area (Å²) in [4.78, 5) is 25.0. The molecule has 1 aromatic carbocycles. The summed E-state index contributed by atoms with van der Waals surface area (Å²) in [5.41, 5.74) is 2.26. The van der Waals surface area contributed by atoms with Gasteiger partial charge in [-0.05, 0) is 37.1 Å². The Balaban J connectivity index is 1.19. The van der Waals surface area contributed by atoms with E-state index in [0.717, 1.165) is 71.0 Å². The van der Waals surface area contributed by atoms with Crippen LogP contribution in [0.15, 0.2) is 42.9 Å². The molecule has 1 amide bonds. The Bertz CT molecular complexity index is 787. The van der Waals surface area contributed by atoms with Gasteiger partial charge in [-0.2, -0.15) is 0 Å². The number of ether oxygens (including phenoxy) is 1. The number of morpholine rings is 1. The van der Waals surface area contributed by atoms with Gasteiger partial charge >= 0.3 is 0 Å². The van der Waals surface area contributed by atoms with Crippen LogP contribution in [0.1, 0.15) is 23.3 Å². The molecule has 2 aromatic rings. The molecule has 2 N–H and O–H groups in total. The summed E-state index contributed by atoms with van der Waals surface area (Å²) in [5.74, 6) is -0.250. The van der Waals surface area contributed by atoms with Crippen molar-refractivity contribution in [2.45, 2.75) is 18.9 Å². The second-order valence-corrected chi connectivity index (χ2v) is 7.76. The zero-order chi connectivity index (χ0) is 20.6. The van der Waals surface area contributed by atoms with Gasteiger partial charge in [-0.3, -0.25) is 14.7 Å². The molecular weight excluding hydrogens is 380 g/mol. The number of nitrogens with one attached hydrogen (secondary N) is 2. The summed E-state index contributed by atoms with van der Waals surface area (Å²) in [6.07, 6.45) is 6.82. The number of hydrogen-bond acceptors (Lipinski definition) is 7. The van der Waals surface area contributed by atoms with Gasteiger partial charge in [0.05, 0.1) is 19.4 Å². The number of aromatic nitrogens is 2. The lowest BCUT2D eigenvalue weighted by Gasteiger charge is -2.35. The van der Waals surface area contributed by atoms with Crippen LogP contribution in [0, 0.1) is 0 Å². The highest BCUT2D eigenvalue weighted by Gasteiger charge is 2.19. The number of nitrogens with zero attached hydrogens (tertiary/aromatic N) is 4. The molecule has 4 rings (SSSR count). The van der Waals surface area contributed by atoms with Gasteiger partial charge in [-0.15, -0.1) is 0 Å². The molecule has 8 nitrogen and oxygen atoms in total. The van der Waals surface area contributed by atoms with Crippen LogP contribution in [0.5, 0.6) is 0 Å². The van der Waals surface area contributed by atoms with Gasteiger partial charge in [0.2, 0.25) is 0 Å². The molecule has 0 atom stereocenters. The smallest absolute Gasteiger partial charge is 0.275 e. The second kappa shape index (κ2) is 10.5. The molecule has 1 aromatic heterocycles. The summed E-state index contributed by atoms with van der Waals surface area (Å²) >= 11 is 0. The van der Waals surface area contributed by atoms with Crippen LogP contribution in [0.2, 0.25) is 0 Å². The zero-order valence-corrected chi connectivity index (χ0v) is 17.3. The van der Waals surface area contributed by atoms with Crippen molar-refractivity contribution in [2.75, 3.05) is 62.7 Å². The van der Waals surface area contributed by atoms with Gasteiger partial charge in [0.25, 0.3) is 5.91 Å². The Morgan fingerprint density at radius 1 is 1.07 bits per heavy atom. The van der Waals surface area contributed by atoms with Crippen molar-refractivity contribution in [1.82, 2.24) is 20.2 Å². The van der Waals surface area contributed by atoms with Crippen molar-refractivity contribution >= 4 is 17.3 Å². The van der Waals surface area contributed by atoms with Crippen LogP contribution in [-0.4, -0.2) is 79.3 Å². The van der Waals surface area contributed by atoms with Crippen LogP contribution in [0.4, 0.5) is 11.4 Å². The maximum atomic E-state index is 12.2. The lowest BCUT2D eigenvalue weighted by atomic mass is 10.0. The van der Waals surface area contributed by atoms with E-state index in [-0.39, 0.29) is 5.91 Å². The van der Waals surface area contributed by atoms with E-state index in [4.69, 9.17) is 4.74 Å². The molecule has 0 spiro atoms. The second-order valence-electron chi connectivity index (χ2n) is 7.76. The topological polar surface area (TPSA) is 82.6 Å². The molecule has 2 fully saturated rings. The maximum Gasteiger partial charge on any atom is 0.275 e. The largest absolute Gasteiger partial charge is 0.379 e. The minimum Gasteiger partial charge on any atom is -0.379 e. The standard InChI is InChI=1S/C22H30N6O2/c29-22(21-17-23-7-8-25-21)26-19-1-3-20(4-2-19)28-10-5-18(6-11-28)24-9-12-27-13-15-30-16-14-27/h1-4,7-8,17-18,24H,5-6,9-16H2,(H,26,29). The highest BCUT2D eigenvalue weighted by Crippen LogP contribution is 2.22. The fourth-order valence-electron chi connectivity index (χ4n) is 3.96. The normalized spacial score (nSPS) is 18.3. The first-order valence-corrected chi connectivity index (χ1v) is 10.7. The summed E-state index contributed by atoms with van der Waals surface area (Å²) in [6.45, 7) is 8.06. The molecule has 8 heteroatoms. The molecular formula is C22H30N6O2. The van der Waals surface area contributed by atoms with Crippen molar-refractivity contribution in [2.24, 2.45) is 0 Å². The number of piperidine rings is 1. The number of benzene rings is 1. The van der Waals surface area contributed by atoms with Gasteiger partial charge < -0.3 is 20.3 Å². The highest BCUT2D eigenvalue weighted by molar-refractivity contribution is 6.02. The van der Waals surface area contributed by atoms with Gasteiger partial charge in [0.1, 0.15) is 5.69 Å². The number of carbonyl (C=O) groups is 1. The third-order valence-electron chi connectivity index (χ3n) is 5.75. The average Bonchev–Trinajstić information content (AvgIpc) is 2.81. The molecule has 0 saturated carbocycles. The van der Waals surface area contributed by atoms with Crippen LogP contribution in [0.25, 0.3) is 0 Å². The number of carbonyl (C=O) groups excluding carboxylic acids is 1. The first-order valence-electron chi connectivity index (χ1n) is 10.7. The summed E-state index contributed by atoms with van der Waals surface area (Å²) < 4.78 is 5.40. The monoisotopic (exact) mass is 410 g/mol. The van der Waals surface area contributed by atoms with E-state index in [9.17, 15) is 4.79 Å². The fraction of sp³-hybridized carbons (Fsp3) is 0.500. The van der Waals surface area contributed by atoms with Gasteiger partial charge in [0.15, 0.2) is 0 Å². The molecule has 30 heavy (non-hydrogen) atoms. The van der Waals surface area contributed by atoms with Crippen LogP contribution >= 0.6 is 0 Å². The minimum atomic E-state index is -0.250. The Labute approximate surface area is 177 Å². The van der Waals surface area contributed by atoms with Crippen LogP contribution in [0.3, 0.4) is 0 Å². The highest BCUT2D eigenvalue weighted by atomic mass is 16.5. The van der Waals surface area contributed by atoms with E-state index in [1.165, 1.54) is 18.1 Å². The minimum absolute atomic E-state index is 0.250. The maximum absolute atomic E-state index is 12.2. The van der Waals surface area contributed by atoms with Gasteiger partial charge in [-0.25, -0.2) is 4.98 Å². The third kappa shape index (κ3) is 5.75. The lowest BCUT2D eigenvalue weighted by molar-refractivity contribution is 0.0380. The summed E-state index contributed by atoms with van der Waals surface area (Å²) in [7, 11) is 0. The Morgan fingerprint density at radius 3 is 2.53 bits per heavy atom. The first kappa shape index (κ1) is 20.7. The van der Waals surface area contributed by atoms with Crippen LogP contribution < -0.4 is 15.5 Å². The molecule has 0 unspecified atom stereocenters. The van der Waals surface area contributed by atoms with E-state index in [1.807, 2.05) is 12.1 Å². The Morgan fingerprint density at radius 2 is 1.83 bits per heavy atom. The van der Waals surface area contributed by atoms with E-state index in [0.29, 0.717) is 11.7 Å². The fourth-order valence-corrected chi connectivity index (χ4v) is 3.96. The predicted molar refractivity (Wildman–Crippen MR) is 117 cm³/mol. The lowest BCUT2D eigenvalue weighted by Crippen LogP contribution is -2.46. The van der Waals surface area contributed by atoms with Crippen LogP contribution in [-0.2, 0) is 4.74 Å². The molecule has 2 aliphatic heterocycles.